The summed E-state index contributed by atoms with van der Waals surface area (Å²) >= 11 is 0. The molecule has 0 aromatic rings. The van der Waals surface area contributed by atoms with Crippen LogP contribution in [0.15, 0.2) is 0 Å². The summed E-state index contributed by atoms with van der Waals surface area (Å²) in [4.78, 5) is 2.76. The summed E-state index contributed by atoms with van der Waals surface area (Å²) < 4.78 is 0. The maximum atomic E-state index is 6.52. The van der Waals surface area contributed by atoms with Crippen molar-refractivity contribution in [1.82, 2.24) is 4.90 Å². The molecule has 2 aliphatic rings. The first-order chi connectivity index (χ1) is 9.35. The third-order valence-corrected chi connectivity index (χ3v) is 6.48. The monoisotopic (exact) mass is 280 g/mol. The largest absolute Gasteiger partial charge is 0.326 e. The van der Waals surface area contributed by atoms with Crippen LogP contribution in [0.1, 0.15) is 73.1 Å². The van der Waals surface area contributed by atoms with Crippen molar-refractivity contribution >= 4 is 0 Å². The molecular weight excluding hydrogens is 244 g/mol. The van der Waals surface area contributed by atoms with Crippen LogP contribution in [0, 0.1) is 17.3 Å². The molecule has 118 valence electrons. The van der Waals surface area contributed by atoms with Crippen molar-refractivity contribution in [3.8, 4) is 0 Å². The highest BCUT2D eigenvalue weighted by molar-refractivity contribution is 4.96. The van der Waals surface area contributed by atoms with Crippen LogP contribution >= 0.6 is 0 Å². The van der Waals surface area contributed by atoms with Crippen LogP contribution in [0.25, 0.3) is 0 Å². The average Bonchev–Trinajstić information content (AvgIpc) is 2.42. The van der Waals surface area contributed by atoms with Gasteiger partial charge in [-0.25, -0.2) is 0 Å². The number of likely N-dealkylation sites (tertiary alicyclic amines) is 1. The Labute approximate surface area is 126 Å². The number of hydrogen-bond acceptors (Lipinski definition) is 2. The van der Waals surface area contributed by atoms with Crippen molar-refractivity contribution in [2.45, 2.75) is 91.3 Å². The Hall–Kier alpha value is -0.0800. The van der Waals surface area contributed by atoms with Crippen LogP contribution < -0.4 is 5.73 Å². The van der Waals surface area contributed by atoms with E-state index in [9.17, 15) is 0 Å². The van der Waals surface area contributed by atoms with Crippen molar-refractivity contribution in [1.29, 1.82) is 0 Å². The van der Waals surface area contributed by atoms with Crippen molar-refractivity contribution < 1.29 is 0 Å². The minimum Gasteiger partial charge on any atom is -0.326 e. The second-order valence-electron chi connectivity index (χ2n) is 8.31. The third-order valence-electron chi connectivity index (χ3n) is 6.48. The van der Waals surface area contributed by atoms with Crippen molar-refractivity contribution in [2.75, 3.05) is 6.54 Å². The first-order valence-corrected chi connectivity index (χ1v) is 8.86. The van der Waals surface area contributed by atoms with Gasteiger partial charge in [0, 0.05) is 24.7 Å². The Morgan fingerprint density at radius 3 is 2.45 bits per heavy atom. The predicted octanol–water partition coefficient (Wildman–Crippen LogP) is 4.04. The van der Waals surface area contributed by atoms with Crippen LogP contribution in [0.5, 0.6) is 0 Å². The highest BCUT2D eigenvalue weighted by atomic mass is 15.2. The lowest BCUT2D eigenvalue weighted by Gasteiger charge is -2.50. The van der Waals surface area contributed by atoms with Gasteiger partial charge in [-0.05, 0) is 56.3 Å². The Morgan fingerprint density at radius 1 is 1.10 bits per heavy atom. The molecule has 0 amide bonds. The third kappa shape index (κ3) is 3.39. The van der Waals surface area contributed by atoms with Gasteiger partial charge in [0.05, 0.1) is 0 Å². The fourth-order valence-electron chi connectivity index (χ4n) is 4.33. The quantitative estimate of drug-likeness (QED) is 0.845. The molecule has 1 aliphatic heterocycles. The van der Waals surface area contributed by atoms with Crippen LogP contribution in [0.2, 0.25) is 0 Å². The van der Waals surface area contributed by atoms with Gasteiger partial charge in [-0.3, -0.25) is 4.90 Å². The smallest absolute Gasteiger partial charge is 0.0252 e. The van der Waals surface area contributed by atoms with Crippen LogP contribution in [0.4, 0.5) is 0 Å². The van der Waals surface area contributed by atoms with Crippen LogP contribution in [-0.2, 0) is 0 Å². The summed E-state index contributed by atoms with van der Waals surface area (Å²) in [7, 11) is 0. The van der Waals surface area contributed by atoms with Gasteiger partial charge in [-0.15, -0.1) is 0 Å². The Morgan fingerprint density at radius 2 is 1.80 bits per heavy atom. The Balaban J connectivity index is 2.08. The van der Waals surface area contributed by atoms with E-state index in [0.29, 0.717) is 17.5 Å². The molecule has 2 N–H and O–H groups in total. The number of piperidine rings is 1. The second kappa shape index (κ2) is 6.36. The molecular formula is C18H36N2. The van der Waals surface area contributed by atoms with Crippen molar-refractivity contribution in [3.05, 3.63) is 0 Å². The molecule has 0 spiro atoms. The molecule has 2 fully saturated rings. The molecule has 5 atom stereocenters. The molecule has 1 aliphatic carbocycles. The molecule has 0 bridgehead atoms. The van der Waals surface area contributed by atoms with E-state index < -0.39 is 0 Å². The van der Waals surface area contributed by atoms with Gasteiger partial charge in [-0.1, -0.05) is 34.1 Å². The highest BCUT2D eigenvalue weighted by Gasteiger charge is 2.40. The molecule has 2 heteroatoms. The summed E-state index contributed by atoms with van der Waals surface area (Å²) in [6, 6.07) is 1.75. The summed E-state index contributed by atoms with van der Waals surface area (Å²) in [6.07, 6.45) is 7.90. The molecule has 1 saturated heterocycles. The SMILES string of the molecule is CCC(C)(C)C1CCC(N)C(N2CC(C)CCC2C)C1. The zero-order chi connectivity index (χ0) is 14.9. The summed E-state index contributed by atoms with van der Waals surface area (Å²) in [5, 5.41) is 0. The lowest BCUT2D eigenvalue weighted by atomic mass is 9.67. The van der Waals surface area contributed by atoms with E-state index in [0.717, 1.165) is 17.9 Å². The summed E-state index contributed by atoms with van der Waals surface area (Å²) in [6.45, 7) is 13.3. The van der Waals surface area contributed by atoms with Gasteiger partial charge >= 0.3 is 0 Å². The van der Waals surface area contributed by atoms with E-state index in [4.69, 9.17) is 5.73 Å². The van der Waals surface area contributed by atoms with Gasteiger partial charge in [-0.2, -0.15) is 0 Å². The fraction of sp³-hybridized carbons (Fsp3) is 1.00. The zero-order valence-corrected chi connectivity index (χ0v) is 14.4. The maximum Gasteiger partial charge on any atom is 0.0252 e. The van der Waals surface area contributed by atoms with Gasteiger partial charge in [0.1, 0.15) is 0 Å². The minimum absolute atomic E-state index is 0.395. The van der Waals surface area contributed by atoms with Gasteiger partial charge in [0.25, 0.3) is 0 Å². The Kier molecular flexibility index (Phi) is 5.18. The van der Waals surface area contributed by atoms with E-state index in [1.54, 1.807) is 0 Å². The first-order valence-electron chi connectivity index (χ1n) is 8.86. The van der Waals surface area contributed by atoms with Crippen molar-refractivity contribution in [3.63, 3.8) is 0 Å². The molecule has 1 heterocycles. The molecule has 2 rings (SSSR count). The standard InChI is InChI=1S/C18H36N2/c1-6-18(4,5)15-9-10-16(19)17(11-15)20-12-13(2)7-8-14(20)3/h13-17H,6-12,19H2,1-5H3. The Bertz CT molecular complexity index is 313. The molecule has 5 unspecified atom stereocenters. The van der Waals surface area contributed by atoms with Crippen LogP contribution in [0.3, 0.4) is 0 Å². The lowest BCUT2D eigenvalue weighted by molar-refractivity contribution is 0.0114. The van der Waals surface area contributed by atoms with Gasteiger partial charge < -0.3 is 5.73 Å². The molecule has 0 aromatic heterocycles. The molecule has 2 nitrogen and oxygen atoms in total. The van der Waals surface area contributed by atoms with E-state index >= 15 is 0 Å². The van der Waals surface area contributed by atoms with E-state index in [2.05, 4.69) is 39.5 Å². The molecule has 1 saturated carbocycles. The second-order valence-corrected chi connectivity index (χ2v) is 8.31. The van der Waals surface area contributed by atoms with Gasteiger partial charge in [0.15, 0.2) is 0 Å². The number of hydrogen-bond donors (Lipinski definition) is 1. The maximum absolute atomic E-state index is 6.52. The zero-order valence-electron chi connectivity index (χ0n) is 14.4. The van der Waals surface area contributed by atoms with Crippen molar-refractivity contribution in [2.24, 2.45) is 23.0 Å². The lowest BCUT2D eigenvalue weighted by Crippen LogP contribution is -2.57. The van der Waals surface area contributed by atoms with Gasteiger partial charge in [0.2, 0.25) is 0 Å². The summed E-state index contributed by atoms with van der Waals surface area (Å²) in [5.74, 6) is 1.69. The fourth-order valence-corrected chi connectivity index (χ4v) is 4.33. The van der Waals surface area contributed by atoms with Crippen LogP contribution in [-0.4, -0.2) is 29.6 Å². The predicted molar refractivity (Wildman–Crippen MR) is 87.7 cm³/mol. The first kappa shape index (κ1) is 16.3. The minimum atomic E-state index is 0.395. The van der Waals surface area contributed by atoms with E-state index in [1.807, 2.05) is 0 Å². The van der Waals surface area contributed by atoms with E-state index in [-0.39, 0.29) is 0 Å². The number of nitrogens with zero attached hydrogens (tertiary/aromatic N) is 1. The highest BCUT2D eigenvalue weighted by Crippen LogP contribution is 2.42. The number of rotatable bonds is 3. The number of nitrogens with two attached hydrogens (primary N) is 1. The molecule has 0 aromatic carbocycles. The average molecular weight is 280 g/mol. The summed E-state index contributed by atoms with van der Waals surface area (Å²) in [5.41, 5.74) is 7.00. The molecule has 0 radical (unpaired) electrons. The molecule has 20 heavy (non-hydrogen) atoms. The normalized spacial score (nSPS) is 40.8. The topological polar surface area (TPSA) is 29.3 Å². The van der Waals surface area contributed by atoms with E-state index in [1.165, 1.54) is 45.1 Å².